The second kappa shape index (κ2) is 13.9. The Kier molecular flexibility index (Phi) is 11.6. The van der Waals surface area contributed by atoms with Crippen molar-refractivity contribution in [3.05, 3.63) is 35.9 Å². The number of nitrogens with one attached hydrogen (secondary N) is 1. The first kappa shape index (κ1) is 25.9. The SMILES string of the molecule is CCNC(=NCCCN(C)Cc1ccccc1)N1CCN(C(=O)C2CCCO2)CC1.I. The first-order valence-electron chi connectivity index (χ1n) is 11.3. The van der Waals surface area contributed by atoms with Crippen molar-refractivity contribution in [2.75, 3.05) is 59.5 Å². The number of guanidine groups is 1. The zero-order valence-electron chi connectivity index (χ0n) is 19.0. The lowest BCUT2D eigenvalue weighted by molar-refractivity contribution is -0.142. The van der Waals surface area contributed by atoms with Gasteiger partial charge in [0.1, 0.15) is 6.10 Å². The maximum Gasteiger partial charge on any atom is 0.251 e. The summed E-state index contributed by atoms with van der Waals surface area (Å²) in [6, 6.07) is 10.6. The van der Waals surface area contributed by atoms with E-state index >= 15 is 0 Å². The monoisotopic (exact) mass is 543 g/mol. The van der Waals surface area contributed by atoms with E-state index in [1.165, 1.54) is 5.56 Å². The van der Waals surface area contributed by atoms with Gasteiger partial charge in [-0.1, -0.05) is 30.3 Å². The number of carbonyl (C=O) groups excluding carboxylic acids is 1. The zero-order chi connectivity index (χ0) is 21.2. The van der Waals surface area contributed by atoms with E-state index in [-0.39, 0.29) is 36.0 Å². The Morgan fingerprint density at radius 2 is 1.90 bits per heavy atom. The fourth-order valence-electron chi connectivity index (χ4n) is 4.04. The van der Waals surface area contributed by atoms with Crippen molar-refractivity contribution in [2.45, 2.75) is 38.8 Å². The smallest absolute Gasteiger partial charge is 0.251 e. The highest BCUT2D eigenvalue weighted by Crippen LogP contribution is 2.16. The number of carbonyl (C=O) groups is 1. The molecular formula is C23H38IN5O2. The van der Waals surface area contributed by atoms with Gasteiger partial charge in [-0.2, -0.15) is 0 Å². The van der Waals surface area contributed by atoms with Crippen LogP contribution in [0.1, 0.15) is 31.7 Å². The molecule has 0 radical (unpaired) electrons. The molecule has 2 aliphatic rings. The summed E-state index contributed by atoms with van der Waals surface area (Å²) in [6.07, 6.45) is 2.66. The Morgan fingerprint density at radius 3 is 2.55 bits per heavy atom. The van der Waals surface area contributed by atoms with Crippen LogP contribution in [0.2, 0.25) is 0 Å². The number of benzene rings is 1. The van der Waals surface area contributed by atoms with Crippen LogP contribution in [-0.2, 0) is 16.1 Å². The average Bonchev–Trinajstić information content (AvgIpc) is 3.31. The molecule has 2 heterocycles. The van der Waals surface area contributed by atoms with Crippen molar-refractivity contribution in [3.63, 3.8) is 0 Å². The molecule has 0 bridgehead atoms. The Labute approximate surface area is 204 Å². The number of piperazine rings is 1. The van der Waals surface area contributed by atoms with Crippen molar-refractivity contribution in [1.29, 1.82) is 0 Å². The molecule has 0 spiro atoms. The van der Waals surface area contributed by atoms with Crippen LogP contribution in [0.5, 0.6) is 0 Å². The lowest BCUT2D eigenvalue weighted by Crippen LogP contribution is -2.55. The van der Waals surface area contributed by atoms with Gasteiger partial charge in [-0.15, -0.1) is 24.0 Å². The molecule has 31 heavy (non-hydrogen) atoms. The molecular weight excluding hydrogens is 505 g/mol. The number of hydrogen-bond donors (Lipinski definition) is 1. The van der Waals surface area contributed by atoms with Gasteiger partial charge in [-0.3, -0.25) is 9.79 Å². The maximum atomic E-state index is 12.5. The fourth-order valence-corrected chi connectivity index (χ4v) is 4.04. The van der Waals surface area contributed by atoms with Gasteiger partial charge in [0.25, 0.3) is 5.91 Å². The van der Waals surface area contributed by atoms with E-state index in [1.807, 2.05) is 4.90 Å². The number of ether oxygens (including phenoxy) is 1. The summed E-state index contributed by atoms with van der Waals surface area (Å²) in [5.41, 5.74) is 1.34. The Hall–Kier alpha value is -1.39. The highest BCUT2D eigenvalue weighted by Gasteiger charge is 2.30. The minimum atomic E-state index is -0.216. The van der Waals surface area contributed by atoms with Crippen molar-refractivity contribution in [1.82, 2.24) is 20.0 Å². The predicted molar refractivity (Wildman–Crippen MR) is 136 cm³/mol. The summed E-state index contributed by atoms with van der Waals surface area (Å²) in [7, 11) is 2.16. The van der Waals surface area contributed by atoms with Crippen LogP contribution in [0.4, 0.5) is 0 Å². The first-order valence-corrected chi connectivity index (χ1v) is 11.3. The molecule has 1 unspecified atom stereocenters. The third-order valence-electron chi connectivity index (χ3n) is 5.69. The molecule has 2 fully saturated rings. The summed E-state index contributed by atoms with van der Waals surface area (Å²) in [5.74, 6) is 1.13. The molecule has 0 saturated carbocycles. The van der Waals surface area contributed by atoms with E-state index in [9.17, 15) is 4.79 Å². The lowest BCUT2D eigenvalue weighted by atomic mass is 10.2. The van der Waals surface area contributed by atoms with Crippen LogP contribution in [0.3, 0.4) is 0 Å². The largest absolute Gasteiger partial charge is 0.368 e. The van der Waals surface area contributed by atoms with Gasteiger partial charge in [-0.25, -0.2) is 0 Å². The Bertz CT molecular complexity index is 674. The normalized spacial score (nSPS) is 19.5. The van der Waals surface area contributed by atoms with Gasteiger partial charge in [0.05, 0.1) is 0 Å². The number of hydrogen-bond acceptors (Lipinski definition) is 4. The molecule has 7 nitrogen and oxygen atoms in total. The lowest BCUT2D eigenvalue weighted by Gasteiger charge is -2.37. The van der Waals surface area contributed by atoms with Crippen LogP contribution >= 0.6 is 24.0 Å². The number of halogens is 1. The van der Waals surface area contributed by atoms with Crippen LogP contribution in [0, 0.1) is 0 Å². The van der Waals surface area contributed by atoms with Gasteiger partial charge >= 0.3 is 0 Å². The van der Waals surface area contributed by atoms with Crippen molar-refractivity contribution < 1.29 is 9.53 Å². The molecule has 174 valence electrons. The van der Waals surface area contributed by atoms with E-state index in [0.29, 0.717) is 6.61 Å². The Morgan fingerprint density at radius 1 is 1.19 bits per heavy atom. The molecule has 1 atom stereocenters. The number of nitrogens with zero attached hydrogens (tertiary/aromatic N) is 4. The number of amides is 1. The average molecular weight is 543 g/mol. The summed E-state index contributed by atoms with van der Waals surface area (Å²) in [4.78, 5) is 23.9. The van der Waals surface area contributed by atoms with Gasteiger partial charge in [-0.05, 0) is 45.3 Å². The molecule has 1 aromatic carbocycles. The van der Waals surface area contributed by atoms with Crippen molar-refractivity contribution in [2.24, 2.45) is 4.99 Å². The van der Waals surface area contributed by atoms with Gasteiger partial charge < -0.3 is 24.8 Å². The summed E-state index contributed by atoms with van der Waals surface area (Å²) >= 11 is 0. The summed E-state index contributed by atoms with van der Waals surface area (Å²) in [6.45, 7) is 9.56. The summed E-state index contributed by atoms with van der Waals surface area (Å²) < 4.78 is 5.56. The molecule has 2 aliphatic heterocycles. The standard InChI is InChI=1S/C23H37N5O2.HI/c1-3-24-23(25-12-8-13-26(2)19-20-9-5-4-6-10-20)28-16-14-27(15-17-28)22(29)21-11-7-18-30-21;/h4-6,9-10,21H,3,7-8,11-19H2,1-2H3,(H,24,25);1H. The van der Waals surface area contributed by atoms with Crippen LogP contribution in [0.25, 0.3) is 0 Å². The van der Waals surface area contributed by atoms with Crippen LogP contribution < -0.4 is 5.32 Å². The van der Waals surface area contributed by atoms with E-state index < -0.39 is 0 Å². The molecule has 0 aromatic heterocycles. The van der Waals surface area contributed by atoms with Gasteiger partial charge in [0.2, 0.25) is 0 Å². The van der Waals surface area contributed by atoms with E-state index in [4.69, 9.17) is 9.73 Å². The molecule has 1 N–H and O–H groups in total. The van der Waals surface area contributed by atoms with Crippen molar-refractivity contribution >= 4 is 35.8 Å². The van der Waals surface area contributed by atoms with Crippen LogP contribution in [-0.4, -0.2) is 92.1 Å². The molecule has 3 rings (SSSR count). The first-order chi connectivity index (χ1) is 14.7. The van der Waals surface area contributed by atoms with E-state index in [0.717, 1.165) is 77.6 Å². The molecule has 1 aromatic rings. The van der Waals surface area contributed by atoms with Crippen molar-refractivity contribution in [3.8, 4) is 0 Å². The minimum absolute atomic E-state index is 0. The topological polar surface area (TPSA) is 60.4 Å². The second-order valence-electron chi connectivity index (χ2n) is 8.13. The van der Waals surface area contributed by atoms with E-state index in [2.05, 4.69) is 59.4 Å². The number of rotatable bonds is 8. The van der Waals surface area contributed by atoms with E-state index in [1.54, 1.807) is 0 Å². The third kappa shape index (κ3) is 8.23. The molecule has 1 amide bonds. The zero-order valence-corrected chi connectivity index (χ0v) is 21.3. The molecule has 8 heteroatoms. The minimum Gasteiger partial charge on any atom is -0.368 e. The fraction of sp³-hybridized carbons (Fsp3) is 0.652. The quantitative estimate of drug-likeness (QED) is 0.236. The predicted octanol–water partition coefficient (Wildman–Crippen LogP) is 2.42. The third-order valence-corrected chi connectivity index (χ3v) is 5.69. The van der Waals surface area contributed by atoms with Gasteiger partial charge in [0, 0.05) is 52.4 Å². The molecule has 2 saturated heterocycles. The van der Waals surface area contributed by atoms with Crippen LogP contribution in [0.15, 0.2) is 35.3 Å². The summed E-state index contributed by atoms with van der Waals surface area (Å²) in [5, 5.41) is 3.41. The second-order valence-corrected chi connectivity index (χ2v) is 8.13. The number of aliphatic imine (C=N–C) groups is 1. The highest BCUT2D eigenvalue weighted by atomic mass is 127. The highest BCUT2D eigenvalue weighted by molar-refractivity contribution is 14.0. The van der Waals surface area contributed by atoms with Gasteiger partial charge in [0.15, 0.2) is 5.96 Å². The Balaban J connectivity index is 0.00000341. The maximum absolute atomic E-state index is 12.5. The molecule has 0 aliphatic carbocycles.